The van der Waals surface area contributed by atoms with E-state index >= 15 is 0 Å². The van der Waals surface area contributed by atoms with Gasteiger partial charge in [0.2, 0.25) is 11.7 Å². The number of anilines is 1. The van der Waals surface area contributed by atoms with Crippen LogP contribution in [0, 0.1) is 6.92 Å². The normalized spacial score (nSPS) is 13.7. The third-order valence-electron chi connectivity index (χ3n) is 4.51. The topological polar surface area (TPSA) is 106 Å². The fourth-order valence-electron chi connectivity index (χ4n) is 3.09. The molecule has 2 amide bonds. The van der Waals surface area contributed by atoms with Crippen LogP contribution < -0.4 is 5.32 Å². The van der Waals surface area contributed by atoms with Crippen molar-refractivity contribution < 1.29 is 14.0 Å². The molecule has 0 spiro atoms. The minimum absolute atomic E-state index is 0.0304. The van der Waals surface area contributed by atoms with Crippen molar-refractivity contribution in [2.24, 2.45) is 0 Å². The Morgan fingerprint density at radius 3 is 2.54 bits per heavy atom. The predicted octanol–water partition coefficient (Wildman–Crippen LogP) is 2.12. The van der Waals surface area contributed by atoms with Gasteiger partial charge < -0.3 is 14.6 Å². The maximum Gasteiger partial charge on any atom is 0.253 e. The highest BCUT2D eigenvalue weighted by molar-refractivity contribution is 5.95. The molecule has 0 aliphatic carbocycles. The highest BCUT2D eigenvalue weighted by Crippen LogP contribution is 2.17. The first kappa shape index (κ1) is 17.9. The summed E-state index contributed by atoms with van der Waals surface area (Å²) in [6.45, 7) is 3.36. The number of benzene rings is 1. The van der Waals surface area contributed by atoms with Crippen molar-refractivity contribution in [2.45, 2.75) is 26.3 Å². The van der Waals surface area contributed by atoms with Gasteiger partial charge in [0.05, 0.1) is 0 Å². The maximum absolute atomic E-state index is 12.3. The van der Waals surface area contributed by atoms with E-state index in [1.807, 2.05) is 11.8 Å². The second-order valence-electron chi connectivity index (χ2n) is 6.68. The fourth-order valence-corrected chi connectivity index (χ4v) is 3.09. The van der Waals surface area contributed by atoms with Gasteiger partial charge in [0, 0.05) is 24.3 Å². The maximum atomic E-state index is 12.3. The summed E-state index contributed by atoms with van der Waals surface area (Å²) in [5.41, 5.74) is 1.22. The van der Waals surface area contributed by atoms with E-state index in [4.69, 9.17) is 4.42 Å². The van der Waals surface area contributed by atoms with Crippen LogP contribution in [0.2, 0.25) is 0 Å². The summed E-state index contributed by atoms with van der Waals surface area (Å²) < 4.78 is 5.44. The van der Waals surface area contributed by atoms with E-state index in [0.29, 0.717) is 22.8 Å². The van der Waals surface area contributed by atoms with Crippen LogP contribution in [0.15, 0.2) is 40.8 Å². The first-order valence-electron chi connectivity index (χ1n) is 9.12. The summed E-state index contributed by atoms with van der Waals surface area (Å²) in [6.07, 6.45) is 2.11. The number of carbonyl (C=O) groups is 2. The minimum atomic E-state index is -0.293. The van der Waals surface area contributed by atoms with Crippen molar-refractivity contribution in [2.75, 3.05) is 18.4 Å². The lowest BCUT2D eigenvalue weighted by molar-refractivity contribution is -0.117. The molecule has 3 heterocycles. The summed E-state index contributed by atoms with van der Waals surface area (Å²) in [4.78, 5) is 27.6. The summed E-state index contributed by atoms with van der Waals surface area (Å²) >= 11 is 0. The van der Waals surface area contributed by atoms with Gasteiger partial charge in [-0.25, -0.2) is 0 Å². The summed E-state index contributed by atoms with van der Waals surface area (Å²) in [5.74, 6) is 1.31. The number of carbonyl (C=O) groups excluding carboxylic acids is 2. The third-order valence-corrected chi connectivity index (χ3v) is 4.51. The molecule has 1 saturated heterocycles. The van der Waals surface area contributed by atoms with Crippen molar-refractivity contribution in [3.8, 4) is 11.6 Å². The number of aromatic nitrogens is 4. The van der Waals surface area contributed by atoms with E-state index in [9.17, 15) is 9.59 Å². The largest absolute Gasteiger partial charge is 0.458 e. The number of nitrogens with zero attached hydrogens (tertiary/aromatic N) is 5. The SMILES string of the molecule is Cc1ccc(-c2nnn(CC(=O)Nc3ccc(C(=O)N4CCCC4)cc3)n2)o1. The molecule has 1 N–H and O–H groups in total. The number of amides is 2. The second-order valence-corrected chi connectivity index (χ2v) is 6.68. The monoisotopic (exact) mass is 380 g/mol. The summed E-state index contributed by atoms with van der Waals surface area (Å²) in [6, 6.07) is 10.4. The molecule has 0 saturated carbocycles. The molecule has 0 bridgehead atoms. The molecule has 28 heavy (non-hydrogen) atoms. The number of hydrogen-bond donors (Lipinski definition) is 1. The molecule has 1 aromatic carbocycles. The highest BCUT2D eigenvalue weighted by Gasteiger charge is 2.19. The average molecular weight is 380 g/mol. The minimum Gasteiger partial charge on any atom is -0.458 e. The number of likely N-dealkylation sites (tertiary alicyclic amines) is 1. The first-order valence-corrected chi connectivity index (χ1v) is 9.12. The van der Waals surface area contributed by atoms with Gasteiger partial charge in [-0.3, -0.25) is 9.59 Å². The molecule has 1 aliphatic heterocycles. The van der Waals surface area contributed by atoms with Crippen molar-refractivity contribution in [1.29, 1.82) is 0 Å². The molecule has 3 aromatic rings. The Morgan fingerprint density at radius 1 is 1.11 bits per heavy atom. The quantitative estimate of drug-likeness (QED) is 0.727. The van der Waals surface area contributed by atoms with Gasteiger partial charge >= 0.3 is 0 Å². The smallest absolute Gasteiger partial charge is 0.253 e. The highest BCUT2D eigenvalue weighted by atomic mass is 16.3. The predicted molar refractivity (Wildman–Crippen MR) is 100 cm³/mol. The molecular weight excluding hydrogens is 360 g/mol. The van der Waals surface area contributed by atoms with Gasteiger partial charge in [-0.2, -0.15) is 4.80 Å². The van der Waals surface area contributed by atoms with Gasteiger partial charge in [0.1, 0.15) is 12.3 Å². The Morgan fingerprint density at radius 2 is 1.86 bits per heavy atom. The van der Waals surface area contributed by atoms with E-state index in [1.165, 1.54) is 4.80 Å². The molecule has 9 heteroatoms. The average Bonchev–Trinajstić information content (AvgIpc) is 3.43. The number of furan rings is 1. The zero-order valence-corrected chi connectivity index (χ0v) is 15.5. The van der Waals surface area contributed by atoms with Crippen LogP contribution in [0.3, 0.4) is 0 Å². The molecular formula is C19H20N6O3. The molecule has 1 fully saturated rings. The van der Waals surface area contributed by atoms with Crippen molar-refractivity contribution >= 4 is 17.5 Å². The van der Waals surface area contributed by atoms with Crippen LogP contribution in [-0.4, -0.2) is 50.0 Å². The van der Waals surface area contributed by atoms with Crippen LogP contribution in [0.5, 0.6) is 0 Å². The summed E-state index contributed by atoms with van der Waals surface area (Å²) in [7, 11) is 0. The van der Waals surface area contributed by atoms with E-state index in [1.54, 1.807) is 36.4 Å². The Kier molecular flexibility index (Phi) is 4.88. The van der Waals surface area contributed by atoms with Crippen LogP contribution >= 0.6 is 0 Å². The Bertz CT molecular complexity index is 985. The standard InChI is InChI=1S/C19H20N6O3/c1-13-4-9-16(28-13)18-21-23-25(22-18)12-17(26)20-15-7-5-14(6-8-15)19(27)24-10-2-3-11-24/h4-9H,2-3,10-12H2,1H3,(H,20,26). The number of nitrogens with one attached hydrogen (secondary N) is 1. The van der Waals surface area contributed by atoms with Crippen molar-refractivity contribution in [3.05, 3.63) is 47.7 Å². The molecule has 1 aliphatic rings. The molecule has 4 rings (SSSR count). The van der Waals surface area contributed by atoms with Gasteiger partial charge in [-0.05, 0) is 61.4 Å². The van der Waals surface area contributed by atoms with Crippen LogP contribution in [0.1, 0.15) is 29.0 Å². The van der Waals surface area contributed by atoms with Gasteiger partial charge in [0.25, 0.3) is 5.91 Å². The number of tetrazole rings is 1. The lowest BCUT2D eigenvalue weighted by Crippen LogP contribution is -2.27. The van der Waals surface area contributed by atoms with Gasteiger partial charge in [-0.15, -0.1) is 10.2 Å². The number of hydrogen-bond acceptors (Lipinski definition) is 6. The zero-order chi connectivity index (χ0) is 19.5. The van der Waals surface area contributed by atoms with E-state index < -0.39 is 0 Å². The van der Waals surface area contributed by atoms with Gasteiger partial charge in [-0.1, -0.05) is 0 Å². The molecule has 2 aromatic heterocycles. The van der Waals surface area contributed by atoms with Crippen LogP contribution in [0.25, 0.3) is 11.6 Å². The van der Waals surface area contributed by atoms with E-state index in [0.717, 1.165) is 31.7 Å². The van der Waals surface area contributed by atoms with E-state index in [2.05, 4.69) is 20.7 Å². The van der Waals surface area contributed by atoms with E-state index in [-0.39, 0.29) is 18.4 Å². The van der Waals surface area contributed by atoms with Gasteiger partial charge in [0.15, 0.2) is 5.76 Å². The number of rotatable bonds is 5. The Hall–Kier alpha value is -3.49. The van der Waals surface area contributed by atoms with Crippen LogP contribution in [0.4, 0.5) is 5.69 Å². The summed E-state index contributed by atoms with van der Waals surface area (Å²) in [5, 5.41) is 14.7. The Balaban J connectivity index is 1.35. The van der Waals surface area contributed by atoms with Crippen molar-refractivity contribution in [3.63, 3.8) is 0 Å². The first-order chi connectivity index (χ1) is 13.6. The number of aryl methyl sites for hydroxylation is 1. The molecule has 0 atom stereocenters. The molecule has 0 unspecified atom stereocenters. The van der Waals surface area contributed by atoms with Crippen molar-refractivity contribution in [1.82, 2.24) is 25.1 Å². The second kappa shape index (κ2) is 7.63. The lowest BCUT2D eigenvalue weighted by atomic mass is 10.2. The third kappa shape index (κ3) is 3.93. The molecule has 144 valence electrons. The molecule has 0 radical (unpaired) electrons. The fraction of sp³-hybridized carbons (Fsp3) is 0.316. The lowest BCUT2D eigenvalue weighted by Gasteiger charge is -2.15. The van der Waals surface area contributed by atoms with Crippen LogP contribution in [-0.2, 0) is 11.3 Å². The molecule has 9 nitrogen and oxygen atoms in total. The zero-order valence-electron chi connectivity index (χ0n) is 15.5. The Labute approximate surface area is 161 Å².